The summed E-state index contributed by atoms with van der Waals surface area (Å²) in [5.41, 5.74) is 18.9. The number of rotatable bonds is 10. The molecule has 1 fully saturated rings. The van der Waals surface area contributed by atoms with E-state index in [-0.39, 0.29) is 5.28 Å². The van der Waals surface area contributed by atoms with E-state index >= 15 is 0 Å². The molecule has 8 nitrogen and oxygen atoms in total. The van der Waals surface area contributed by atoms with Gasteiger partial charge in [0.05, 0.1) is 22.0 Å². The second kappa shape index (κ2) is 28.4. The molecule has 0 spiro atoms. The topological polar surface area (TPSA) is 95.8 Å². The Balaban J connectivity index is 0.000000124. The van der Waals surface area contributed by atoms with Gasteiger partial charge in [-0.2, -0.15) is 9.97 Å². The van der Waals surface area contributed by atoms with Crippen molar-refractivity contribution in [3.05, 3.63) is 426 Å². The monoisotopic (exact) mass is 1460 g/mol. The van der Waals surface area contributed by atoms with Gasteiger partial charge < -0.3 is 9.31 Å². The van der Waals surface area contributed by atoms with Crippen LogP contribution in [0.4, 0.5) is 0 Å². The molecular weight excluding hydrogens is 1390 g/mol. The lowest BCUT2D eigenvalue weighted by Crippen LogP contribution is -2.41. The maximum absolute atomic E-state index is 6.57. The number of halogens is 1. The highest BCUT2D eigenvalue weighted by Gasteiger charge is 2.54. The lowest BCUT2D eigenvalue weighted by atomic mass is 9.65. The highest BCUT2D eigenvalue weighted by molar-refractivity contribution is 6.62. The van der Waals surface area contributed by atoms with Crippen LogP contribution in [0, 0.1) is 0 Å². The fraction of sp³-hybridized carbons (Fsp3) is 0.0784. The molecule has 2 unspecified atom stereocenters. The van der Waals surface area contributed by atoms with Gasteiger partial charge in [0, 0.05) is 27.8 Å². The molecule has 16 aromatic carbocycles. The minimum Gasteiger partial charge on any atom is -0.399 e. The number of fused-ring (bicyclic) bond motifs is 12. The van der Waals surface area contributed by atoms with Gasteiger partial charge in [-0.3, -0.25) is 0 Å². The number of nitrogens with zero attached hydrogens (tertiary/aromatic N) is 6. The molecule has 1 aliphatic heterocycles. The summed E-state index contributed by atoms with van der Waals surface area (Å²) < 4.78 is 13.1. The van der Waals surface area contributed by atoms with Crippen molar-refractivity contribution >= 4 is 67.3 Å². The Labute approximate surface area is 657 Å². The Bertz CT molecular complexity index is 6480. The SMILES string of the molecule is CC1(C)OB(c2ccc3c(c2)C(c2ccccc2)(c2cc4ccccc4c4ccccc24)c2ccccc2-3)OC1(C)C.Clc1nc(-c2ccccc2)nc(-c2ccccc2)n1.c1ccc(-c2nc(-c3ccccc3)nc(-c3ccc4c(c3)C(c3ccccc3)(c3cc5ccccc5c5ccccc35)c3ccccc3-4)n2)cc1. The Hall–Kier alpha value is -13.1. The molecule has 1 saturated heterocycles. The Morgan fingerprint density at radius 1 is 0.241 bits per heavy atom. The summed E-state index contributed by atoms with van der Waals surface area (Å²) in [6.45, 7) is 8.47. The van der Waals surface area contributed by atoms with E-state index in [0.717, 1.165) is 33.3 Å². The molecule has 18 aromatic rings. The first kappa shape index (κ1) is 69.3. The summed E-state index contributed by atoms with van der Waals surface area (Å²) in [6, 6.07) is 133. The minimum absolute atomic E-state index is 0.202. The van der Waals surface area contributed by atoms with Gasteiger partial charge in [0.1, 0.15) is 0 Å². The molecule has 0 bridgehead atoms. The molecule has 0 radical (unpaired) electrons. The zero-order chi connectivity index (χ0) is 75.6. The lowest BCUT2D eigenvalue weighted by molar-refractivity contribution is 0.00578. The number of benzene rings is 16. The van der Waals surface area contributed by atoms with Crippen molar-refractivity contribution in [2.24, 2.45) is 0 Å². The molecule has 0 saturated carbocycles. The summed E-state index contributed by atoms with van der Waals surface area (Å²) in [5.74, 6) is 3.11. The van der Waals surface area contributed by atoms with Crippen molar-refractivity contribution < 1.29 is 9.31 Å². The number of aromatic nitrogens is 6. The van der Waals surface area contributed by atoms with Gasteiger partial charge in [0.15, 0.2) is 29.1 Å². The first-order valence-corrected chi connectivity index (χ1v) is 38.5. The van der Waals surface area contributed by atoms with E-state index < -0.39 is 29.2 Å². The van der Waals surface area contributed by atoms with Crippen molar-refractivity contribution in [2.75, 3.05) is 0 Å². The fourth-order valence-corrected chi connectivity index (χ4v) is 17.3. The number of hydrogen-bond donors (Lipinski definition) is 0. The van der Waals surface area contributed by atoms with Crippen LogP contribution < -0.4 is 5.46 Å². The van der Waals surface area contributed by atoms with Crippen LogP contribution in [0.1, 0.15) is 72.2 Å². The van der Waals surface area contributed by atoms with Crippen LogP contribution in [-0.2, 0) is 20.1 Å². The van der Waals surface area contributed by atoms with Crippen LogP contribution in [-0.4, -0.2) is 48.2 Å². The average molecular weight is 1460 g/mol. The highest BCUT2D eigenvalue weighted by Crippen LogP contribution is 2.60. The van der Waals surface area contributed by atoms with Crippen molar-refractivity contribution in [2.45, 2.75) is 49.7 Å². The average Bonchev–Trinajstić information content (AvgIpc) is 1.51. The summed E-state index contributed by atoms with van der Waals surface area (Å²) in [7, 11) is -0.439. The molecule has 2 atom stereocenters. The molecule has 2 aromatic heterocycles. The molecular formula is C102H74BClN6O2. The van der Waals surface area contributed by atoms with Crippen LogP contribution in [0.15, 0.2) is 376 Å². The summed E-state index contributed by atoms with van der Waals surface area (Å²) in [5, 5.41) is 10.2. The third-order valence-electron chi connectivity index (χ3n) is 23.0. The van der Waals surface area contributed by atoms with Gasteiger partial charge in [0.25, 0.3) is 0 Å². The Kier molecular flexibility index (Phi) is 17.6. The quantitative estimate of drug-likeness (QED) is 0.0987. The summed E-state index contributed by atoms with van der Waals surface area (Å²) in [4.78, 5) is 28.1. The molecule has 534 valence electrons. The van der Waals surface area contributed by atoms with Crippen molar-refractivity contribution in [3.8, 4) is 79.2 Å². The molecule has 21 rings (SSSR count). The van der Waals surface area contributed by atoms with E-state index in [1.165, 1.54) is 110 Å². The van der Waals surface area contributed by atoms with Gasteiger partial charge in [-0.05, 0) is 173 Å². The predicted octanol–water partition coefficient (Wildman–Crippen LogP) is 24.1. The van der Waals surface area contributed by atoms with E-state index in [0.29, 0.717) is 29.1 Å². The third kappa shape index (κ3) is 11.9. The van der Waals surface area contributed by atoms with E-state index in [9.17, 15) is 0 Å². The van der Waals surface area contributed by atoms with Crippen molar-refractivity contribution in [1.29, 1.82) is 0 Å². The zero-order valence-electron chi connectivity index (χ0n) is 62.3. The third-order valence-corrected chi connectivity index (χ3v) is 23.2. The maximum atomic E-state index is 6.57. The van der Waals surface area contributed by atoms with Gasteiger partial charge >= 0.3 is 7.12 Å². The molecule has 10 heteroatoms. The van der Waals surface area contributed by atoms with Gasteiger partial charge in [-0.25, -0.2) is 19.9 Å². The first-order valence-electron chi connectivity index (χ1n) is 38.1. The Morgan fingerprint density at radius 3 is 0.955 bits per heavy atom. The molecule has 112 heavy (non-hydrogen) atoms. The van der Waals surface area contributed by atoms with E-state index in [1.54, 1.807) is 0 Å². The normalized spacial score (nSPS) is 16.0. The van der Waals surface area contributed by atoms with Crippen LogP contribution in [0.3, 0.4) is 0 Å². The maximum Gasteiger partial charge on any atom is 0.494 e. The van der Waals surface area contributed by atoms with Crippen molar-refractivity contribution in [1.82, 2.24) is 29.9 Å². The predicted molar refractivity (Wildman–Crippen MR) is 459 cm³/mol. The van der Waals surface area contributed by atoms with E-state index in [4.69, 9.17) is 35.9 Å². The standard InChI is InChI=1S/C48H31N3.C39H33BO2.C15H10ClN3/c1-4-16-32(17-5-1)45-49-46(33-18-6-2-7-19-33)51-47(50-45)35-28-29-41-40-26-14-15-27-42(40)48(44(41)31-35,36-21-8-3-9-22-36)43-30-34-20-10-11-23-37(34)38-24-12-13-25-39(38)43;1-37(2)38(3,4)42-40(41-37)28-22-23-33-32-20-12-13-21-34(32)39(36(33)25-28,27-15-6-5-7-16-27)35-24-26-14-8-9-17-29(26)30-18-10-11-19-31(30)35;16-15-18-13(11-7-3-1-4-8-11)17-14(19-15)12-9-5-2-6-10-12/h1-31H;5-25H,1-4H3;1-10H. The first-order chi connectivity index (χ1) is 54.9. The lowest BCUT2D eigenvalue weighted by Gasteiger charge is -2.35. The van der Waals surface area contributed by atoms with Gasteiger partial charge in [-0.1, -0.05) is 358 Å². The van der Waals surface area contributed by atoms with Crippen LogP contribution in [0.2, 0.25) is 5.28 Å². The van der Waals surface area contributed by atoms with Gasteiger partial charge in [-0.15, -0.1) is 0 Å². The molecule has 0 N–H and O–H groups in total. The smallest absolute Gasteiger partial charge is 0.399 e. The molecule has 3 heterocycles. The molecule has 0 amide bonds. The van der Waals surface area contributed by atoms with E-state index in [2.05, 4.69) is 322 Å². The summed E-state index contributed by atoms with van der Waals surface area (Å²) in [6.07, 6.45) is 0. The molecule has 3 aliphatic rings. The molecule has 2 aliphatic carbocycles. The fourth-order valence-electron chi connectivity index (χ4n) is 17.2. The summed E-state index contributed by atoms with van der Waals surface area (Å²) >= 11 is 5.99. The number of hydrogen-bond acceptors (Lipinski definition) is 8. The largest absolute Gasteiger partial charge is 0.494 e. The Morgan fingerprint density at radius 2 is 0.545 bits per heavy atom. The highest BCUT2D eigenvalue weighted by atomic mass is 35.5. The zero-order valence-corrected chi connectivity index (χ0v) is 63.0. The van der Waals surface area contributed by atoms with Gasteiger partial charge in [0.2, 0.25) is 5.28 Å². The van der Waals surface area contributed by atoms with E-state index in [1.807, 2.05) is 97.1 Å². The van der Waals surface area contributed by atoms with Crippen molar-refractivity contribution in [3.63, 3.8) is 0 Å². The minimum atomic E-state index is -0.607. The second-order valence-electron chi connectivity index (χ2n) is 29.9. The second-order valence-corrected chi connectivity index (χ2v) is 30.2. The van der Waals surface area contributed by atoms with Crippen LogP contribution in [0.5, 0.6) is 0 Å². The van der Waals surface area contributed by atoms with Crippen LogP contribution in [0.25, 0.3) is 122 Å². The van der Waals surface area contributed by atoms with Crippen LogP contribution >= 0.6 is 11.6 Å².